The number of Topliss-reactive ketones (excluding diaryl/α,β-unsaturated/α-hetero) is 1. The highest BCUT2D eigenvalue weighted by molar-refractivity contribution is 5.79. The molecule has 12 N–H and O–H groups in total. The molecule has 0 saturated carbocycles. The lowest BCUT2D eigenvalue weighted by atomic mass is 9.92. The number of unbranched alkanes of at least 4 members (excludes halogenated alkanes) is 10. The molecule has 464 valence electrons. The molecule has 3 rings (SSSR count). The molecule has 0 aliphatic carbocycles. The number of carbonyl (C=O) groups excluding carboxylic acids is 3. The molecule has 79 heavy (non-hydrogen) atoms. The maximum absolute atomic E-state index is 13.0. The van der Waals surface area contributed by atoms with Gasteiger partial charge in [0.2, 0.25) is 11.8 Å². The van der Waals surface area contributed by atoms with Crippen LogP contribution in [-0.4, -0.2) is 241 Å². The van der Waals surface area contributed by atoms with Crippen LogP contribution in [0.25, 0.3) is 0 Å². The molecule has 0 aromatic heterocycles. The quantitative estimate of drug-likeness (QED) is 0.0360. The summed E-state index contributed by atoms with van der Waals surface area (Å²) in [4.78, 5) is 38.5. The first kappa shape index (κ1) is 71.1. The second kappa shape index (κ2) is 40.2. The van der Waals surface area contributed by atoms with Crippen molar-refractivity contribution in [3.8, 4) is 0 Å². The molecule has 0 aromatic carbocycles. The van der Waals surface area contributed by atoms with E-state index in [1.807, 2.05) is 13.8 Å². The minimum Gasteiger partial charge on any atom is -0.394 e. The van der Waals surface area contributed by atoms with E-state index in [0.717, 1.165) is 77.0 Å². The van der Waals surface area contributed by atoms with Gasteiger partial charge < -0.3 is 105 Å². The Balaban J connectivity index is 1.37. The number of hydrogen-bond acceptors (Lipinski definition) is 22. The fourth-order valence-corrected chi connectivity index (χ4v) is 9.74. The topological polar surface area (TPSA) is 352 Å². The summed E-state index contributed by atoms with van der Waals surface area (Å²) < 4.78 is 52.4. The third kappa shape index (κ3) is 26.5. The molecule has 0 aromatic rings. The summed E-state index contributed by atoms with van der Waals surface area (Å²) in [5.74, 6) is -1.73. The van der Waals surface area contributed by atoms with E-state index < -0.39 is 117 Å². The van der Waals surface area contributed by atoms with E-state index in [0.29, 0.717) is 45.8 Å². The van der Waals surface area contributed by atoms with Crippen LogP contribution >= 0.6 is 0 Å². The molecule has 24 nitrogen and oxygen atoms in total. The first-order chi connectivity index (χ1) is 37.9. The van der Waals surface area contributed by atoms with Crippen molar-refractivity contribution in [3.63, 3.8) is 0 Å². The second-order valence-electron chi connectivity index (χ2n) is 22.1. The standard InChI is InChI=1S/C55H103N3O21/c1-36(2)58-55(35-73-32-40(62)19-13-7-6-10-16-24-74-52-37(3)46(65)49(68)41(29-59)77-52,33-71-27-20-44(63)56-22-14-8-11-17-25-75-53-38(4)47(66)50(69)42(30-60)78-53)34-72-28-21-45(64)57-23-15-9-12-18-26-76-54-39(5)48(67)51(70)43(31-61)79-54/h36-39,41-43,46-54,58-61,65-70H,6-35H2,1-5H3,(H,56,63)(H,57,64). The lowest BCUT2D eigenvalue weighted by molar-refractivity contribution is -0.282. The molecular formula is C55H103N3O21. The molecule has 15 atom stereocenters. The number of nitrogens with one attached hydrogen (secondary N) is 3. The molecule has 3 aliphatic heterocycles. The molecule has 3 fully saturated rings. The summed E-state index contributed by atoms with van der Waals surface area (Å²) >= 11 is 0. The van der Waals surface area contributed by atoms with Crippen LogP contribution in [-0.2, 0) is 57.0 Å². The Morgan fingerprint density at radius 3 is 1.16 bits per heavy atom. The summed E-state index contributed by atoms with van der Waals surface area (Å²) in [7, 11) is 0. The van der Waals surface area contributed by atoms with E-state index in [2.05, 4.69) is 16.0 Å². The van der Waals surface area contributed by atoms with E-state index in [1.165, 1.54) is 0 Å². The molecule has 3 heterocycles. The maximum Gasteiger partial charge on any atom is 0.222 e. The van der Waals surface area contributed by atoms with E-state index in [4.69, 9.17) is 42.6 Å². The fraction of sp³-hybridized carbons (Fsp3) is 0.945. The van der Waals surface area contributed by atoms with E-state index in [1.54, 1.807) is 20.8 Å². The zero-order valence-electron chi connectivity index (χ0n) is 47.9. The second-order valence-corrected chi connectivity index (χ2v) is 22.1. The predicted molar refractivity (Wildman–Crippen MR) is 287 cm³/mol. The summed E-state index contributed by atoms with van der Waals surface area (Å²) in [5.41, 5.74) is -0.917. The smallest absolute Gasteiger partial charge is 0.222 e. The maximum atomic E-state index is 13.0. The van der Waals surface area contributed by atoms with Crippen LogP contribution in [0, 0.1) is 17.8 Å². The van der Waals surface area contributed by atoms with Gasteiger partial charge in [-0.25, -0.2) is 0 Å². The molecule has 24 heteroatoms. The van der Waals surface area contributed by atoms with Crippen molar-refractivity contribution in [2.24, 2.45) is 17.8 Å². The molecular weight excluding hydrogens is 1040 g/mol. The van der Waals surface area contributed by atoms with Gasteiger partial charge in [-0.3, -0.25) is 14.4 Å². The van der Waals surface area contributed by atoms with Crippen LogP contribution in [0.4, 0.5) is 0 Å². The van der Waals surface area contributed by atoms with Gasteiger partial charge in [-0.2, -0.15) is 0 Å². The van der Waals surface area contributed by atoms with Gasteiger partial charge in [-0.05, 0) is 38.5 Å². The number of aliphatic hydroxyl groups is 9. The van der Waals surface area contributed by atoms with E-state index in [-0.39, 0.29) is 76.1 Å². The van der Waals surface area contributed by atoms with Gasteiger partial charge >= 0.3 is 0 Å². The molecule has 2 amide bonds. The monoisotopic (exact) mass is 1140 g/mol. The number of aliphatic hydroxyl groups excluding tert-OH is 9. The molecule has 0 radical (unpaired) electrons. The van der Waals surface area contributed by atoms with Crippen LogP contribution in [0.2, 0.25) is 0 Å². The van der Waals surface area contributed by atoms with Crippen molar-refractivity contribution in [1.29, 1.82) is 0 Å². The summed E-state index contributed by atoms with van der Waals surface area (Å²) in [6.45, 7) is 10.3. The molecule has 3 saturated heterocycles. The van der Waals surface area contributed by atoms with Gasteiger partial charge in [-0.15, -0.1) is 0 Å². The summed E-state index contributed by atoms with van der Waals surface area (Å²) in [5, 5.41) is 98.6. The van der Waals surface area contributed by atoms with Gasteiger partial charge in [0.15, 0.2) is 24.7 Å². The Labute approximate surface area is 468 Å². The van der Waals surface area contributed by atoms with E-state index in [9.17, 15) is 60.3 Å². The third-order valence-corrected chi connectivity index (χ3v) is 14.7. The third-order valence-electron chi connectivity index (χ3n) is 14.7. The zero-order chi connectivity index (χ0) is 58.2. The van der Waals surface area contributed by atoms with E-state index >= 15 is 0 Å². The molecule has 0 spiro atoms. The lowest BCUT2D eigenvalue weighted by Gasteiger charge is -2.40. The van der Waals surface area contributed by atoms with Crippen molar-refractivity contribution in [1.82, 2.24) is 16.0 Å². The van der Waals surface area contributed by atoms with Crippen LogP contribution in [0.5, 0.6) is 0 Å². The van der Waals surface area contributed by atoms with Crippen LogP contribution in [0.3, 0.4) is 0 Å². The predicted octanol–water partition coefficient (Wildman–Crippen LogP) is 0.0912. The highest BCUT2D eigenvalue weighted by Gasteiger charge is 2.44. The minimum atomic E-state index is -1.18. The Hall–Kier alpha value is -2.15. The van der Waals surface area contributed by atoms with Gasteiger partial charge in [0.05, 0.1) is 76.7 Å². The molecule has 15 unspecified atom stereocenters. The fourth-order valence-electron chi connectivity index (χ4n) is 9.74. The molecule has 3 aliphatic rings. The number of carbonyl (C=O) groups is 3. The normalized spacial score (nSPS) is 30.1. The van der Waals surface area contributed by atoms with Crippen molar-refractivity contribution in [2.75, 3.05) is 92.4 Å². The lowest BCUT2D eigenvalue weighted by Crippen LogP contribution is -2.59. The Morgan fingerprint density at radius 1 is 0.456 bits per heavy atom. The largest absolute Gasteiger partial charge is 0.394 e. The number of ketones is 1. The highest BCUT2D eigenvalue weighted by atomic mass is 16.7. The number of amides is 2. The summed E-state index contributed by atoms with van der Waals surface area (Å²) in [6.07, 6.45) is -0.638. The minimum absolute atomic E-state index is 0.0491. The van der Waals surface area contributed by atoms with Gasteiger partial charge in [-0.1, -0.05) is 79.6 Å². The number of hydrogen-bond donors (Lipinski definition) is 12. The first-order valence-electron chi connectivity index (χ1n) is 29.2. The number of ether oxygens (including phenoxy) is 9. The van der Waals surface area contributed by atoms with Crippen molar-refractivity contribution in [2.45, 2.75) is 223 Å². The Morgan fingerprint density at radius 2 is 0.797 bits per heavy atom. The van der Waals surface area contributed by atoms with Crippen molar-refractivity contribution >= 4 is 17.6 Å². The average molecular weight is 1140 g/mol. The molecule has 0 bridgehead atoms. The first-order valence-corrected chi connectivity index (χ1v) is 29.2. The summed E-state index contributed by atoms with van der Waals surface area (Å²) in [6, 6.07) is -0.0495. The highest BCUT2D eigenvalue weighted by Crippen LogP contribution is 2.29. The van der Waals surface area contributed by atoms with Crippen molar-refractivity contribution in [3.05, 3.63) is 0 Å². The van der Waals surface area contributed by atoms with Gasteiger partial charge in [0.1, 0.15) is 43.2 Å². The van der Waals surface area contributed by atoms with Crippen LogP contribution < -0.4 is 16.0 Å². The van der Waals surface area contributed by atoms with Crippen LogP contribution in [0.15, 0.2) is 0 Å². The average Bonchev–Trinajstić information content (AvgIpc) is 3.42. The number of rotatable bonds is 44. The van der Waals surface area contributed by atoms with Gasteiger partial charge in [0.25, 0.3) is 0 Å². The Bertz CT molecular complexity index is 1550. The van der Waals surface area contributed by atoms with Gasteiger partial charge in [0, 0.05) is 76.0 Å². The SMILES string of the molecule is CC(C)NC(COCCC(=O)NCCCCCCOC1OC(CO)C(O)C(O)C1C)(COCCC(=O)NCCCCCCOC1OC(CO)C(O)C(O)C1C)COCC(=O)CCCCCCCOC1OC(CO)C(O)C(O)C1C. The van der Waals surface area contributed by atoms with Crippen molar-refractivity contribution < 1.29 is 103 Å². The van der Waals surface area contributed by atoms with Crippen LogP contribution in [0.1, 0.15) is 137 Å². The zero-order valence-corrected chi connectivity index (χ0v) is 47.9. The Kier molecular flexibility index (Phi) is 36.2.